The minimum absolute atomic E-state index is 0.125. The molecule has 0 saturated carbocycles. The molecule has 0 aromatic heterocycles. The summed E-state index contributed by atoms with van der Waals surface area (Å²) in [6, 6.07) is 19.2. The molecule has 1 aliphatic heterocycles. The number of hydrogen-bond donors (Lipinski definition) is 2. The third-order valence-corrected chi connectivity index (χ3v) is 5.03. The Labute approximate surface area is 165 Å². The Morgan fingerprint density at radius 1 is 1.07 bits per heavy atom. The first-order valence-corrected chi connectivity index (χ1v) is 9.51. The molecule has 5 nitrogen and oxygen atoms in total. The van der Waals surface area contributed by atoms with Crippen LogP contribution in [0.2, 0.25) is 0 Å². The monoisotopic (exact) mass is 375 g/mol. The molecule has 1 aliphatic rings. The van der Waals surface area contributed by atoms with Crippen LogP contribution in [0.4, 0.5) is 0 Å². The molecule has 144 valence electrons. The molecule has 3 rings (SSSR count). The highest BCUT2D eigenvalue weighted by atomic mass is 16.3. The molecule has 0 spiro atoms. The maximum absolute atomic E-state index is 12.4. The second-order valence-corrected chi connectivity index (χ2v) is 7.22. The van der Waals surface area contributed by atoms with Crippen molar-refractivity contribution >= 4 is 5.91 Å². The van der Waals surface area contributed by atoms with Crippen molar-refractivity contribution in [2.45, 2.75) is 43.4 Å². The Morgan fingerprint density at radius 3 is 2.32 bits per heavy atom. The lowest BCUT2D eigenvalue weighted by atomic mass is 9.87. The van der Waals surface area contributed by atoms with Gasteiger partial charge in [0.15, 0.2) is 5.66 Å². The van der Waals surface area contributed by atoms with Crippen molar-refractivity contribution in [1.82, 2.24) is 5.32 Å². The number of benzene rings is 2. The summed E-state index contributed by atoms with van der Waals surface area (Å²) in [5.41, 5.74) is 0.126. The van der Waals surface area contributed by atoms with E-state index in [-0.39, 0.29) is 12.5 Å². The van der Waals surface area contributed by atoms with Crippen LogP contribution < -0.4 is 5.32 Å². The molecule has 28 heavy (non-hydrogen) atoms. The highest BCUT2D eigenvalue weighted by molar-refractivity contribution is 5.76. The van der Waals surface area contributed by atoms with Gasteiger partial charge in [0.1, 0.15) is 5.60 Å². The molecule has 0 bridgehead atoms. The van der Waals surface area contributed by atoms with Crippen molar-refractivity contribution < 1.29 is 9.90 Å². The number of carbonyl (C=O) groups excluding carboxylic acids is 1. The van der Waals surface area contributed by atoms with E-state index in [1.54, 1.807) is 0 Å². The van der Waals surface area contributed by atoms with E-state index in [9.17, 15) is 9.90 Å². The molecule has 5 heteroatoms. The highest BCUT2D eigenvalue weighted by Gasteiger charge is 2.39. The maximum Gasteiger partial charge on any atom is 0.220 e. The van der Waals surface area contributed by atoms with E-state index in [4.69, 9.17) is 6.42 Å². The number of nitrogens with zero attached hydrogens (tertiary/aromatic N) is 2. The molecule has 0 radical (unpaired) electrons. The summed E-state index contributed by atoms with van der Waals surface area (Å²) in [5, 5.41) is 22.4. The number of aliphatic hydroxyl groups is 1. The topological polar surface area (TPSA) is 74.0 Å². The minimum atomic E-state index is -1.19. The fraction of sp³-hybridized carbons (Fsp3) is 0.348. The molecule has 1 amide bonds. The zero-order chi connectivity index (χ0) is 19.9. The Kier molecular flexibility index (Phi) is 6.23. The van der Waals surface area contributed by atoms with Crippen molar-refractivity contribution in [2.24, 2.45) is 10.2 Å². The molecule has 1 unspecified atom stereocenters. The van der Waals surface area contributed by atoms with Crippen molar-refractivity contribution in [2.75, 3.05) is 6.54 Å². The van der Waals surface area contributed by atoms with Gasteiger partial charge in [-0.25, -0.2) is 0 Å². The van der Waals surface area contributed by atoms with Gasteiger partial charge in [0.05, 0.1) is 6.54 Å². The summed E-state index contributed by atoms with van der Waals surface area (Å²) in [6.45, 7) is 0.135. The summed E-state index contributed by atoms with van der Waals surface area (Å²) in [7, 11) is 0. The zero-order valence-corrected chi connectivity index (χ0v) is 15.8. The number of amides is 1. The summed E-state index contributed by atoms with van der Waals surface area (Å²) in [6.07, 6.45) is 7.82. The average Bonchev–Trinajstić information content (AvgIpc) is 3.51. The minimum Gasteiger partial charge on any atom is -0.383 e. The van der Waals surface area contributed by atoms with Crippen LogP contribution in [0.15, 0.2) is 70.9 Å². The molecular formula is C23H25N3O2. The Balaban J connectivity index is 1.60. The van der Waals surface area contributed by atoms with Gasteiger partial charge in [0.2, 0.25) is 5.91 Å². The fourth-order valence-corrected chi connectivity index (χ4v) is 3.26. The molecule has 2 N–H and O–H groups in total. The molecule has 1 heterocycles. The van der Waals surface area contributed by atoms with Crippen molar-refractivity contribution in [3.8, 4) is 12.3 Å². The van der Waals surface area contributed by atoms with Gasteiger partial charge < -0.3 is 10.4 Å². The fourth-order valence-electron chi connectivity index (χ4n) is 3.26. The summed E-state index contributed by atoms with van der Waals surface area (Å²) >= 11 is 0. The molecule has 0 saturated heterocycles. The van der Waals surface area contributed by atoms with Crippen LogP contribution in [0.5, 0.6) is 0 Å². The maximum atomic E-state index is 12.4. The first-order chi connectivity index (χ1) is 13.6. The number of hydrogen-bond acceptors (Lipinski definition) is 4. The van der Waals surface area contributed by atoms with Gasteiger partial charge in [-0.15, -0.1) is 12.3 Å². The van der Waals surface area contributed by atoms with E-state index < -0.39 is 11.3 Å². The van der Waals surface area contributed by atoms with Crippen molar-refractivity contribution in [3.05, 3.63) is 71.8 Å². The normalized spacial score (nSPS) is 16.0. The molecular weight excluding hydrogens is 350 g/mol. The van der Waals surface area contributed by atoms with E-state index in [0.717, 1.165) is 11.1 Å². The smallest absolute Gasteiger partial charge is 0.220 e. The predicted octanol–water partition coefficient (Wildman–Crippen LogP) is 3.59. The first-order valence-electron chi connectivity index (χ1n) is 9.51. The van der Waals surface area contributed by atoms with Gasteiger partial charge in [-0.2, -0.15) is 10.2 Å². The predicted molar refractivity (Wildman–Crippen MR) is 108 cm³/mol. The molecule has 2 aromatic rings. The Bertz CT molecular complexity index is 852. The van der Waals surface area contributed by atoms with Crippen LogP contribution in [0.25, 0.3) is 0 Å². The number of carbonyl (C=O) groups is 1. The van der Waals surface area contributed by atoms with Crippen LogP contribution in [0, 0.1) is 12.3 Å². The van der Waals surface area contributed by atoms with E-state index in [1.807, 2.05) is 60.7 Å². The second kappa shape index (κ2) is 8.81. The van der Waals surface area contributed by atoms with Gasteiger partial charge in [-0.3, -0.25) is 4.79 Å². The molecule has 0 aliphatic carbocycles. The van der Waals surface area contributed by atoms with Crippen LogP contribution in [0.3, 0.4) is 0 Å². The molecule has 1 atom stereocenters. The highest BCUT2D eigenvalue weighted by Crippen LogP contribution is 2.37. The van der Waals surface area contributed by atoms with Gasteiger partial charge in [-0.1, -0.05) is 60.7 Å². The molecule has 2 aromatic carbocycles. The third kappa shape index (κ3) is 5.28. The van der Waals surface area contributed by atoms with E-state index in [0.29, 0.717) is 32.1 Å². The van der Waals surface area contributed by atoms with Gasteiger partial charge >= 0.3 is 0 Å². The zero-order valence-electron chi connectivity index (χ0n) is 15.8. The van der Waals surface area contributed by atoms with Crippen LogP contribution >= 0.6 is 0 Å². The largest absolute Gasteiger partial charge is 0.383 e. The van der Waals surface area contributed by atoms with Crippen LogP contribution in [0.1, 0.15) is 36.8 Å². The lowest BCUT2D eigenvalue weighted by Crippen LogP contribution is -2.42. The van der Waals surface area contributed by atoms with E-state index in [1.165, 1.54) is 0 Å². The first kappa shape index (κ1) is 19.8. The standard InChI is InChI=1S/C23H25N3O2/c1-2-3-15-23(25-26-23)16-14-21(27)24-18-22(28,20-12-8-5-9-13-20)17-19-10-6-4-7-11-19/h1,4-13,28H,3,14-18H2,(H,24,27). The number of rotatable bonds is 10. The van der Waals surface area contributed by atoms with Crippen molar-refractivity contribution in [3.63, 3.8) is 0 Å². The van der Waals surface area contributed by atoms with Crippen LogP contribution in [-0.4, -0.2) is 23.2 Å². The number of nitrogens with one attached hydrogen (secondary N) is 1. The Hall–Kier alpha value is -2.97. The second-order valence-electron chi connectivity index (χ2n) is 7.22. The quantitative estimate of drug-likeness (QED) is 0.623. The van der Waals surface area contributed by atoms with Crippen LogP contribution in [-0.2, 0) is 16.8 Å². The molecule has 0 fully saturated rings. The SMILES string of the molecule is C#CCCC1(CCC(=O)NCC(O)(Cc2ccccc2)c2ccccc2)N=N1. The Morgan fingerprint density at radius 2 is 1.71 bits per heavy atom. The lowest BCUT2D eigenvalue weighted by Gasteiger charge is -2.29. The summed E-state index contributed by atoms with van der Waals surface area (Å²) in [5.74, 6) is 2.46. The van der Waals surface area contributed by atoms with E-state index in [2.05, 4.69) is 21.5 Å². The average molecular weight is 375 g/mol. The third-order valence-electron chi connectivity index (χ3n) is 5.03. The van der Waals surface area contributed by atoms with E-state index >= 15 is 0 Å². The van der Waals surface area contributed by atoms with Gasteiger partial charge in [0.25, 0.3) is 0 Å². The van der Waals surface area contributed by atoms with Gasteiger partial charge in [0, 0.05) is 32.1 Å². The summed E-state index contributed by atoms with van der Waals surface area (Å²) in [4.78, 5) is 12.4. The summed E-state index contributed by atoms with van der Waals surface area (Å²) < 4.78 is 0. The van der Waals surface area contributed by atoms with Crippen molar-refractivity contribution in [1.29, 1.82) is 0 Å². The lowest BCUT2D eigenvalue weighted by molar-refractivity contribution is -0.122. The van der Waals surface area contributed by atoms with Gasteiger partial charge in [-0.05, 0) is 11.1 Å². The number of terminal acetylenes is 1.